The van der Waals surface area contributed by atoms with Crippen molar-refractivity contribution in [2.24, 2.45) is 4.99 Å². The Morgan fingerprint density at radius 3 is 2.62 bits per heavy atom. The topological polar surface area (TPSA) is 84.5 Å². The van der Waals surface area contributed by atoms with Gasteiger partial charge in [0.1, 0.15) is 0 Å². The number of benzene rings is 2. The van der Waals surface area contributed by atoms with Gasteiger partial charge in [0.05, 0.1) is 0 Å². The Morgan fingerprint density at radius 1 is 1.03 bits per heavy atom. The summed E-state index contributed by atoms with van der Waals surface area (Å²) in [6, 6.07) is 16.0. The lowest BCUT2D eigenvalue weighted by atomic mass is 10.1. The van der Waals surface area contributed by atoms with E-state index in [4.69, 9.17) is 0 Å². The van der Waals surface area contributed by atoms with Crippen LogP contribution in [0.4, 0.5) is 0 Å². The van der Waals surface area contributed by atoms with Gasteiger partial charge >= 0.3 is 0 Å². The van der Waals surface area contributed by atoms with E-state index >= 15 is 0 Å². The molecule has 1 aromatic heterocycles. The maximum absolute atomic E-state index is 12.3. The first-order chi connectivity index (χ1) is 15.1. The van der Waals surface area contributed by atoms with E-state index in [1.165, 1.54) is 10.9 Å². The van der Waals surface area contributed by atoms with Gasteiger partial charge in [0.2, 0.25) is 0 Å². The van der Waals surface area contributed by atoms with Gasteiger partial charge in [0, 0.05) is 55.9 Å². The van der Waals surface area contributed by atoms with E-state index in [0.717, 1.165) is 36.6 Å². The quantitative estimate of drug-likeness (QED) is 0.188. The molecule has 0 bridgehead atoms. The molecule has 0 unspecified atom stereocenters. The molecule has 2 aromatic carbocycles. The van der Waals surface area contributed by atoms with Gasteiger partial charge in [-0.25, -0.2) is 0 Å². The molecule has 172 valence electrons. The molecule has 4 N–H and O–H groups in total. The van der Waals surface area contributed by atoms with E-state index in [2.05, 4.69) is 50.3 Å². The summed E-state index contributed by atoms with van der Waals surface area (Å²) in [4.78, 5) is 22.0. The lowest BCUT2D eigenvalue weighted by molar-refractivity contribution is 0.0951. The summed E-state index contributed by atoms with van der Waals surface area (Å²) in [6.07, 6.45) is 2.96. The molecule has 7 nitrogen and oxygen atoms in total. The minimum absolute atomic E-state index is 0. The molecule has 0 aliphatic heterocycles. The number of para-hydroxylation sites is 1. The van der Waals surface area contributed by atoms with Gasteiger partial charge in [-0.1, -0.05) is 30.3 Å². The second kappa shape index (κ2) is 13.1. The maximum atomic E-state index is 12.3. The Morgan fingerprint density at radius 2 is 1.84 bits per heavy atom. The van der Waals surface area contributed by atoms with Crippen LogP contribution in [0.2, 0.25) is 0 Å². The lowest BCUT2D eigenvalue weighted by Gasteiger charge is -2.13. The average molecular weight is 548 g/mol. The molecule has 3 rings (SSSR count). The molecule has 1 amide bonds. The number of hydrogen-bond acceptors (Lipinski definition) is 3. The summed E-state index contributed by atoms with van der Waals surface area (Å²) in [7, 11) is 5.73. The third kappa shape index (κ3) is 7.52. The van der Waals surface area contributed by atoms with E-state index in [9.17, 15) is 4.79 Å². The van der Waals surface area contributed by atoms with Gasteiger partial charge in [0.15, 0.2) is 5.96 Å². The second-order valence-electron chi connectivity index (χ2n) is 7.72. The predicted octanol–water partition coefficient (Wildman–Crippen LogP) is 2.99. The van der Waals surface area contributed by atoms with Gasteiger partial charge in [-0.05, 0) is 49.8 Å². The Balaban J connectivity index is 0.00000363. The van der Waals surface area contributed by atoms with Gasteiger partial charge in [0.25, 0.3) is 5.91 Å². The van der Waals surface area contributed by atoms with Crippen molar-refractivity contribution in [3.05, 3.63) is 71.4 Å². The molecule has 8 heteroatoms. The van der Waals surface area contributed by atoms with Crippen molar-refractivity contribution in [2.45, 2.75) is 13.0 Å². The summed E-state index contributed by atoms with van der Waals surface area (Å²) < 4.78 is 0. The Bertz CT molecular complexity index is 1030. The minimum Gasteiger partial charge on any atom is -0.361 e. The average Bonchev–Trinajstić information content (AvgIpc) is 3.19. The van der Waals surface area contributed by atoms with Gasteiger partial charge < -0.3 is 25.8 Å². The van der Waals surface area contributed by atoms with Crippen molar-refractivity contribution in [3.8, 4) is 0 Å². The summed E-state index contributed by atoms with van der Waals surface area (Å²) in [5, 5.41) is 10.9. The third-order valence-electron chi connectivity index (χ3n) is 5.08. The zero-order valence-corrected chi connectivity index (χ0v) is 21.3. The number of aromatic amines is 1. The SMILES string of the molecule is CN=C(NCCc1c[nH]c2ccccc12)NCc1cccc(C(=O)NCCN(C)C)c1.I. The number of aliphatic imine (C=N–C) groups is 1. The fraction of sp³-hybridized carbons (Fsp3) is 0.333. The molecule has 0 spiro atoms. The number of H-pyrrole nitrogens is 1. The van der Waals surface area contributed by atoms with Crippen LogP contribution in [0.25, 0.3) is 10.9 Å². The van der Waals surface area contributed by atoms with E-state index in [1.54, 1.807) is 7.05 Å². The highest BCUT2D eigenvalue weighted by atomic mass is 127. The van der Waals surface area contributed by atoms with Crippen molar-refractivity contribution in [3.63, 3.8) is 0 Å². The van der Waals surface area contributed by atoms with Crippen LogP contribution in [0.5, 0.6) is 0 Å². The van der Waals surface area contributed by atoms with Crippen molar-refractivity contribution >= 4 is 46.7 Å². The lowest BCUT2D eigenvalue weighted by Crippen LogP contribution is -2.37. The number of hydrogen-bond donors (Lipinski definition) is 4. The molecule has 0 atom stereocenters. The predicted molar refractivity (Wildman–Crippen MR) is 143 cm³/mol. The maximum Gasteiger partial charge on any atom is 0.251 e. The first kappa shape index (κ1) is 25.7. The first-order valence-electron chi connectivity index (χ1n) is 10.6. The van der Waals surface area contributed by atoms with Crippen molar-refractivity contribution in [2.75, 3.05) is 40.8 Å². The molecule has 1 heterocycles. The molecular weight excluding hydrogens is 515 g/mol. The summed E-state index contributed by atoms with van der Waals surface area (Å²) in [6.45, 7) is 2.80. The van der Waals surface area contributed by atoms with Gasteiger partial charge in [-0.15, -0.1) is 24.0 Å². The van der Waals surface area contributed by atoms with E-state index in [-0.39, 0.29) is 29.9 Å². The van der Waals surface area contributed by atoms with Crippen molar-refractivity contribution in [1.29, 1.82) is 0 Å². The summed E-state index contributed by atoms with van der Waals surface area (Å²) in [5.74, 6) is 0.686. The number of halogens is 1. The first-order valence-corrected chi connectivity index (χ1v) is 10.6. The zero-order valence-electron chi connectivity index (χ0n) is 18.9. The highest BCUT2D eigenvalue weighted by Crippen LogP contribution is 2.17. The van der Waals surface area contributed by atoms with Crippen LogP contribution in [0.1, 0.15) is 21.5 Å². The standard InChI is InChI=1S/C24H32N6O.HI/c1-25-24(27-12-11-20-17-28-22-10-5-4-9-21(20)22)29-16-18-7-6-8-19(15-18)23(31)26-13-14-30(2)3;/h4-10,15,17,28H,11-14,16H2,1-3H3,(H,26,31)(H2,25,27,29);1H. The van der Waals surface area contributed by atoms with Crippen LogP contribution < -0.4 is 16.0 Å². The third-order valence-corrected chi connectivity index (χ3v) is 5.08. The highest BCUT2D eigenvalue weighted by Gasteiger charge is 2.07. The fourth-order valence-electron chi connectivity index (χ4n) is 3.38. The van der Waals surface area contributed by atoms with Crippen LogP contribution in [0.3, 0.4) is 0 Å². The molecule has 0 saturated carbocycles. The Kier molecular flexibility index (Phi) is 10.5. The molecule has 0 aliphatic rings. The highest BCUT2D eigenvalue weighted by molar-refractivity contribution is 14.0. The van der Waals surface area contributed by atoms with Crippen LogP contribution in [-0.2, 0) is 13.0 Å². The van der Waals surface area contributed by atoms with E-state index < -0.39 is 0 Å². The van der Waals surface area contributed by atoms with Crippen LogP contribution >= 0.6 is 24.0 Å². The number of nitrogens with one attached hydrogen (secondary N) is 4. The minimum atomic E-state index is -0.0510. The number of carbonyl (C=O) groups excluding carboxylic acids is 1. The van der Waals surface area contributed by atoms with Crippen LogP contribution in [-0.4, -0.2) is 62.5 Å². The fourth-order valence-corrected chi connectivity index (χ4v) is 3.38. The van der Waals surface area contributed by atoms with E-state index in [0.29, 0.717) is 18.7 Å². The van der Waals surface area contributed by atoms with Crippen LogP contribution in [0.15, 0.2) is 59.7 Å². The van der Waals surface area contributed by atoms with Crippen molar-refractivity contribution < 1.29 is 4.79 Å². The molecule has 3 aromatic rings. The Labute approximate surface area is 207 Å². The van der Waals surface area contributed by atoms with E-state index in [1.807, 2.05) is 49.3 Å². The number of fused-ring (bicyclic) bond motifs is 1. The summed E-state index contributed by atoms with van der Waals surface area (Å²) in [5.41, 5.74) is 4.14. The number of rotatable bonds is 9. The number of carbonyl (C=O) groups is 1. The largest absolute Gasteiger partial charge is 0.361 e. The number of amides is 1. The number of aromatic nitrogens is 1. The Hall–Kier alpha value is -2.59. The molecular formula is C24H33IN6O. The molecule has 0 radical (unpaired) electrons. The number of guanidine groups is 1. The summed E-state index contributed by atoms with van der Waals surface area (Å²) >= 11 is 0. The molecule has 32 heavy (non-hydrogen) atoms. The number of likely N-dealkylation sites (N-methyl/N-ethyl adjacent to an activating group) is 1. The second-order valence-corrected chi connectivity index (χ2v) is 7.72. The normalized spacial score (nSPS) is 11.3. The molecule has 0 aliphatic carbocycles. The van der Waals surface area contributed by atoms with Gasteiger partial charge in [-0.3, -0.25) is 9.79 Å². The van der Waals surface area contributed by atoms with Crippen LogP contribution in [0, 0.1) is 0 Å². The zero-order chi connectivity index (χ0) is 22.1. The number of nitrogens with zero attached hydrogens (tertiary/aromatic N) is 2. The molecule has 0 fully saturated rings. The molecule has 0 saturated heterocycles. The monoisotopic (exact) mass is 548 g/mol. The smallest absolute Gasteiger partial charge is 0.251 e. The van der Waals surface area contributed by atoms with Crippen molar-refractivity contribution in [1.82, 2.24) is 25.8 Å². The van der Waals surface area contributed by atoms with Gasteiger partial charge in [-0.2, -0.15) is 0 Å².